The Balaban J connectivity index is 0.00000172. The van der Waals surface area contributed by atoms with E-state index >= 15 is 0 Å². The zero-order valence-corrected chi connectivity index (χ0v) is 22.0. The predicted molar refractivity (Wildman–Crippen MR) is 151 cm³/mol. The molecule has 1 atom stereocenters. The maximum Gasteiger partial charge on any atom is 0.264 e. The van der Waals surface area contributed by atoms with Crippen LogP contribution in [-0.2, 0) is 13.0 Å². The van der Waals surface area contributed by atoms with E-state index in [0.29, 0.717) is 24.8 Å². The molecule has 39 heavy (non-hydrogen) atoms. The van der Waals surface area contributed by atoms with Gasteiger partial charge in [0.1, 0.15) is 0 Å². The summed E-state index contributed by atoms with van der Waals surface area (Å²) in [7, 11) is 0.500. The summed E-state index contributed by atoms with van der Waals surface area (Å²) >= 11 is 0. The van der Waals surface area contributed by atoms with Crippen LogP contribution in [-0.4, -0.2) is 48.6 Å². The molecule has 0 N–H and O–H groups in total. The first-order valence-electron chi connectivity index (χ1n) is 13.0. The summed E-state index contributed by atoms with van der Waals surface area (Å²) < 4.78 is 36.4. The zero-order valence-electron chi connectivity index (χ0n) is 22.0. The van der Waals surface area contributed by atoms with Gasteiger partial charge in [0.05, 0.1) is 7.18 Å². The lowest BCUT2D eigenvalue weighted by Crippen LogP contribution is -2.55. The van der Waals surface area contributed by atoms with Crippen LogP contribution < -0.4 is 0 Å². The van der Waals surface area contributed by atoms with Gasteiger partial charge in [0.15, 0.2) is 0 Å². The number of carbonyl (C=O) groups excluding carboxylic acids is 1. The van der Waals surface area contributed by atoms with Crippen molar-refractivity contribution < 1.29 is 18.0 Å². The molecule has 5 rings (SSSR count). The molecule has 6 heteroatoms. The SMILES string of the molecule is CF.O=C(c1ccccc1)N1CCN(Cc2ccc(-c3ccccc3C(F)F)cc2)CC1Cc1ccccc1. The van der Waals surface area contributed by atoms with Crippen molar-refractivity contribution in [2.24, 2.45) is 0 Å². The van der Waals surface area contributed by atoms with E-state index in [9.17, 15) is 18.0 Å². The molecule has 0 aromatic heterocycles. The number of rotatable bonds is 7. The van der Waals surface area contributed by atoms with Crippen molar-refractivity contribution in [3.8, 4) is 11.1 Å². The van der Waals surface area contributed by atoms with E-state index in [1.165, 1.54) is 11.6 Å². The third kappa shape index (κ3) is 7.15. The van der Waals surface area contributed by atoms with Gasteiger partial charge >= 0.3 is 0 Å². The van der Waals surface area contributed by atoms with Gasteiger partial charge in [0.25, 0.3) is 12.3 Å². The van der Waals surface area contributed by atoms with Gasteiger partial charge in [0, 0.05) is 43.3 Å². The quantitative estimate of drug-likeness (QED) is 0.248. The van der Waals surface area contributed by atoms with Crippen molar-refractivity contribution in [1.29, 1.82) is 0 Å². The first-order chi connectivity index (χ1) is 19.1. The molecule has 0 saturated carbocycles. The van der Waals surface area contributed by atoms with Crippen molar-refractivity contribution in [2.45, 2.75) is 25.4 Å². The van der Waals surface area contributed by atoms with Crippen molar-refractivity contribution in [1.82, 2.24) is 9.80 Å². The molecule has 1 amide bonds. The van der Waals surface area contributed by atoms with Crippen LogP contribution in [0.4, 0.5) is 13.2 Å². The van der Waals surface area contributed by atoms with Crippen molar-refractivity contribution in [3.63, 3.8) is 0 Å². The van der Waals surface area contributed by atoms with Gasteiger partial charge < -0.3 is 4.90 Å². The third-order valence-corrected chi connectivity index (χ3v) is 7.03. The highest BCUT2D eigenvalue weighted by molar-refractivity contribution is 5.94. The summed E-state index contributed by atoms with van der Waals surface area (Å²) in [6.07, 6.45) is -1.72. The Labute approximate surface area is 228 Å². The summed E-state index contributed by atoms with van der Waals surface area (Å²) in [6.45, 7) is 2.95. The number of hydrogen-bond acceptors (Lipinski definition) is 2. The molecule has 1 fully saturated rings. The van der Waals surface area contributed by atoms with Crippen LogP contribution >= 0.6 is 0 Å². The minimum atomic E-state index is -2.51. The van der Waals surface area contributed by atoms with Gasteiger partial charge in [-0.2, -0.15) is 0 Å². The summed E-state index contributed by atoms with van der Waals surface area (Å²) in [5, 5.41) is 0. The fourth-order valence-electron chi connectivity index (χ4n) is 5.14. The number of piperazine rings is 1. The van der Waals surface area contributed by atoms with Gasteiger partial charge in [-0.15, -0.1) is 0 Å². The molecule has 202 valence electrons. The van der Waals surface area contributed by atoms with Crippen LogP contribution in [0.25, 0.3) is 11.1 Å². The fraction of sp³-hybridized carbons (Fsp3) is 0.242. The Morgan fingerprint density at radius 2 is 1.38 bits per heavy atom. The minimum Gasteiger partial charge on any atom is -0.333 e. The lowest BCUT2D eigenvalue weighted by molar-refractivity contribution is 0.0439. The highest BCUT2D eigenvalue weighted by Gasteiger charge is 2.31. The summed E-state index contributed by atoms with van der Waals surface area (Å²) in [5.74, 6) is 0.0724. The zero-order chi connectivity index (χ0) is 27.6. The maximum absolute atomic E-state index is 13.5. The van der Waals surface area contributed by atoms with Gasteiger partial charge in [-0.05, 0) is 40.8 Å². The second-order valence-corrected chi connectivity index (χ2v) is 9.53. The van der Waals surface area contributed by atoms with E-state index in [1.54, 1.807) is 18.2 Å². The fourth-order valence-corrected chi connectivity index (χ4v) is 5.14. The molecular weight excluding hydrogens is 497 g/mol. The predicted octanol–water partition coefficient (Wildman–Crippen LogP) is 7.45. The Bertz CT molecular complexity index is 1310. The number of carbonyl (C=O) groups is 1. The van der Waals surface area contributed by atoms with Gasteiger partial charge in [0.2, 0.25) is 0 Å². The van der Waals surface area contributed by atoms with Crippen molar-refractivity contribution in [2.75, 3.05) is 26.8 Å². The largest absolute Gasteiger partial charge is 0.333 e. The van der Waals surface area contributed by atoms with E-state index in [4.69, 9.17) is 0 Å². The molecule has 3 nitrogen and oxygen atoms in total. The second kappa shape index (κ2) is 13.8. The Kier molecular flexibility index (Phi) is 9.92. The van der Waals surface area contributed by atoms with Crippen LogP contribution in [0.3, 0.4) is 0 Å². The van der Waals surface area contributed by atoms with Crippen LogP contribution in [0.15, 0.2) is 109 Å². The van der Waals surface area contributed by atoms with Crippen LogP contribution in [0, 0.1) is 0 Å². The highest BCUT2D eigenvalue weighted by atomic mass is 19.3. The summed E-state index contributed by atoms with van der Waals surface area (Å²) in [5.41, 5.74) is 4.47. The average Bonchev–Trinajstić information content (AvgIpc) is 2.99. The molecule has 4 aromatic carbocycles. The normalized spacial score (nSPS) is 15.5. The van der Waals surface area contributed by atoms with E-state index in [0.717, 1.165) is 37.2 Å². The van der Waals surface area contributed by atoms with Gasteiger partial charge in [-0.3, -0.25) is 14.1 Å². The average molecular weight is 531 g/mol. The van der Waals surface area contributed by atoms with Crippen molar-refractivity contribution >= 4 is 5.91 Å². The third-order valence-electron chi connectivity index (χ3n) is 7.03. The molecule has 0 spiro atoms. The minimum absolute atomic E-state index is 0.0539. The first-order valence-corrected chi connectivity index (χ1v) is 13.0. The topological polar surface area (TPSA) is 23.6 Å². The van der Waals surface area contributed by atoms with Gasteiger partial charge in [-0.25, -0.2) is 8.78 Å². The van der Waals surface area contributed by atoms with Crippen LogP contribution in [0.2, 0.25) is 0 Å². The molecular formula is C33H33F3N2O. The number of benzene rings is 4. The summed E-state index contributed by atoms with van der Waals surface area (Å²) in [4.78, 5) is 17.8. The lowest BCUT2D eigenvalue weighted by Gasteiger charge is -2.42. The van der Waals surface area contributed by atoms with Crippen molar-refractivity contribution in [3.05, 3.63) is 131 Å². The van der Waals surface area contributed by atoms with E-state index in [2.05, 4.69) is 17.0 Å². The number of nitrogens with zero attached hydrogens (tertiary/aromatic N) is 2. The standard InChI is InChI=1S/C32H30F2N2O.CH3F/c33-31(34)30-14-8-7-13-29(30)26-17-15-25(16-18-26)22-35-19-20-36(32(37)27-11-5-2-6-12-27)28(23-35)21-24-9-3-1-4-10-24;1-2/h1-18,28,31H,19-23H2;1H3. The van der Waals surface area contributed by atoms with Gasteiger partial charge in [-0.1, -0.05) is 97.1 Å². The first kappa shape index (κ1) is 28.1. The molecule has 4 aromatic rings. The monoisotopic (exact) mass is 530 g/mol. The van der Waals surface area contributed by atoms with Crippen LogP contribution in [0.5, 0.6) is 0 Å². The Hall–Kier alpha value is -3.90. The molecule has 0 aliphatic carbocycles. The molecule has 0 radical (unpaired) electrons. The lowest BCUT2D eigenvalue weighted by atomic mass is 9.98. The highest BCUT2D eigenvalue weighted by Crippen LogP contribution is 2.31. The number of amides is 1. The van der Waals surface area contributed by atoms with E-state index in [1.807, 2.05) is 77.7 Å². The molecule has 1 saturated heterocycles. The smallest absolute Gasteiger partial charge is 0.264 e. The Morgan fingerprint density at radius 1 is 0.769 bits per heavy atom. The molecule has 1 aliphatic heterocycles. The summed E-state index contributed by atoms with van der Waals surface area (Å²) in [6, 6.07) is 34.4. The second-order valence-electron chi connectivity index (χ2n) is 9.53. The Morgan fingerprint density at radius 3 is 2.05 bits per heavy atom. The molecule has 1 heterocycles. The molecule has 1 unspecified atom stereocenters. The number of alkyl halides is 3. The van der Waals surface area contributed by atoms with E-state index < -0.39 is 6.43 Å². The van der Waals surface area contributed by atoms with Crippen LogP contribution in [0.1, 0.15) is 33.5 Å². The number of hydrogen-bond donors (Lipinski definition) is 0. The number of halogens is 3. The maximum atomic E-state index is 13.5. The molecule has 1 aliphatic rings. The van der Waals surface area contributed by atoms with E-state index in [-0.39, 0.29) is 17.5 Å². The molecule has 0 bridgehead atoms.